The van der Waals surface area contributed by atoms with E-state index in [1.54, 1.807) is 6.07 Å². The summed E-state index contributed by atoms with van der Waals surface area (Å²) in [7, 11) is 2.05. The van der Waals surface area contributed by atoms with Crippen LogP contribution in [0.25, 0.3) is 22.2 Å². The van der Waals surface area contributed by atoms with Crippen molar-refractivity contribution in [1.29, 1.82) is 0 Å². The Morgan fingerprint density at radius 1 is 1.08 bits per heavy atom. The van der Waals surface area contributed by atoms with Gasteiger partial charge in [-0.05, 0) is 55.6 Å². The fourth-order valence-corrected chi connectivity index (χ4v) is 7.01. The van der Waals surface area contributed by atoms with Crippen LogP contribution in [0.5, 0.6) is 5.75 Å². The van der Waals surface area contributed by atoms with Gasteiger partial charge in [0.2, 0.25) is 0 Å². The predicted molar refractivity (Wildman–Crippen MR) is 149 cm³/mol. The molecule has 0 unspecified atom stereocenters. The Kier molecular flexibility index (Phi) is 6.93. The summed E-state index contributed by atoms with van der Waals surface area (Å²) in [6.07, 6.45) is 6.13. The SMILES string of the molecule is CN(CCO)CCN1CC2(COc3ccccc3-c3c(C4CCCCC4)c4ccc(C(=O)O)cc4n3C2)C1. The molecule has 1 aromatic heterocycles. The molecule has 202 valence electrons. The molecule has 1 aliphatic carbocycles. The lowest BCUT2D eigenvalue weighted by atomic mass is 9.79. The number of carboxylic acids is 1. The number of likely N-dealkylation sites (tertiary alicyclic amines) is 1. The molecule has 1 saturated carbocycles. The first-order valence-corrected chi connectivity index (χ1v) is 14.1. The van der Waals surface area contributed by atoms with Gasteiger partial charge < -0.3 is 29.3 Å². The number of hydrogen-bond acceptors (Lipinski definition) is 5. The number of rotatable bonds is 7. The van der Waals surface area contributed by atoms with Crippen LogP contribution in [0.3, 0.4) is 0 Å². The van der Waals surface area contributed by atoms with Crippen molar-refractivity contribution >= 4 is 16.9 Å². The Hall–Kier alpha value is -2.87. The maximum absolute atomic E-state index is 12.0. The van der Waals surface area contributed by atoms with Crippen LogP contribution < -0.4 is 4.74 Å². The highest BCUT2D eigenvalue weighted by atomic mass is 16.5. The summed E-state index contributed by atoms with van der Waals surface area (Å²) in [6.45, 7) is 6.09. The van der Waals surface area contributed by atoms with Crippen molar-refractivity contribution in [3.05, 3.63) is 53.6 Å². The van der Waals surface area contributed by atoms with Gasteiger partial charge in [-0.3, -0.25) is 0 Å². The number of carbonyl (C=O) groups is 1. The number of fused-ring (bicyclic) bond motifs is 5. The Balaban J connectivity index is 1.44. The fraction of sp³-hybridized carbons (Fsp3) is 0.516. The standard InChI is InChI=1S/C31H39N3O4/c1-32(15-16-35)13-14-33-18-31(19-33)20-34-26-17-23(30(36)37)11-12-24(26)28(22-7-3-2-4-8-22)29(34)25-9-5-6-10-27(25)38-21-31/h5-6,9-12,17,22,35H,2-4,7-8,13-16,18-21H2,1H3,(H,36,37). The van der Waals surface area contributed by atoms with E-state index in [1.807, 2.05) is 19.2 Å². The lowest BCUT2D eigenvalue weighted by Gasteiger charge is -2.51. The minimum Gasteiger partial charge on any atom is -0.492 e. The number of aromatic carboxylic acids is 1. The van der Waals surface area contributed by atoms with E-state index in [-0.39, 0.29) is 12.0 Å². The number of likely N-dealkylation sites (N-methyl/N-ethyl adjacent to an activating group) is 1. The number of ether oxygens (including phenoxy) is 1. The van der Waals surface area contributed by atoms with Gasteiger partial charge in [0.15, 0.2) is 0 Å². The quantitative estimate of drug-likeness (QED) is 0.474. The highest BCUT2D eigenvalue weighted by molar-refractivity contribution is 5.98. The molecule has 3 aliphatic rings. The summed E-state index contributed by atoms with van der Waals surface area (Å²) in [5.41, 5.74) is 5.08. The van der Waals surface area contributed by atoms with Gasteiger partial charge in [-0.15, -0.1) is 0 Å². The average Bonchev–Trinajstić information content (AvgIpc) is 3.21. The molecule has 7 heteroatoms. The van der Waals surface area contributed by atoms with Crippen LogP contribution >= 0.6 is 0 Å². The van der Waals surface area contributed by atoms with Crippen LogP contribution in [0.1, 0.15) is 53.9 Å². The van der Waals surface area contributed by atoms with Crippen molar-refractivity contribution in [2.45, 2.75) is 44.6 Å². The first-order valence-electron chi connectivity index (χ1n) is 14.1. The van der Waals surface area contributed by atoms with E-state index in [2.05, 4.69) is 38.6 Å². The van der Waals surface area contributed by atoms with Crippen LogP contribution in [0.4, 0.5) is 0 Å². The van der Waals surface area contributed by atoms with Crippen molar-refractivity contribution in [3.63, 3.8) is 0 Å². The van der Waals surface area contributed by atoms with Crippen LogP contribution in [-0.4, -0.2) is 83.5 Å². The normalized spacial score (nSPS) is 19.4. The van der Waals surface area contributed by atoms with Gasteiger partial charge in [0.1, 0.15) is 5.75 Å². The Labute approximate surface area is 224 Å². The van der Waals surface area contributed by atoms with Crippen molar-refractivity contribution in [2.75, 3.05) is 53.0 Å². The molecule has 0 amide bonds. The van der Waals surface area contributed by atoms with Gasteiger partial charge in [0.25, 0.3) is 0 Å². The number of aliphatic hydroxyl groups excluding tert-OH is 1. The van der Waals surface area contributed by atoms with Crippen molar-refractivity contribution in [2.24, 2.45) is 5.41 Å². The molecule has 1 spiro atoms. The summed E-state index contributed by atoms with van der Waals surface area (Å²) in [6, 6.07) is 14.1. The number of benzene rings is 2. The van der Waals surface area contributed by atoms with E-state index in [4.69, 9.17) is 4.74 Å². The zero-order valence-corrected chi connectivity index (χ0v) is 22.4. The lowest BCUT2D eigenvalue weighted by molar-refractivity contribution is -0.0482. The zero-order chi connectivity index (χ0) is 26.3. The molecular weight excluding hydrogens is 478 g/mol. The van der Waals surface area contributed by atoms with E-state index in [0.29, 0.717) is 24.6 Å². The molecule has 3 aromatic rings. The molecule has 2 fully saturated rings. The van der Waals surface area contributed by atoms with Gasteiger partial charge >= 0.3 is 5.97 Å². The molecule has 0 atom stereocenters. The second kappa shape index (κ2) is 10.4. The van der Waals surface area contributed by atoms with Crippen LogP contribution in [0.15, 0.2) is 42.5 Å². The summed E-state index contributed by atoms with van der Waals surface area (Å²) in [5, 5.41) is 20.3. The number of aliphatic hydroxyl groups is 1. The van der Waals surface area contributed by atoms with Gasteiger partial charge in [0, 0.05) is 61.1 Å². The van der Waals surface area contributed by atoms with Crippen LogP contribution in [0.2, 0.25) is 0 Å². The van der Waals surface area contributed by atoms with E-state index in [9.17, 15) is 15.0 Å². The van der Waals surface area contributed by atoms with E-state index >= 15 is 0 Å². The first-order chi connectivity index (χ1) is 18.5. The lowest BCUT2D eigenvalue weighted by Crippen LogP contribution is -2.62. The average molecular weight is 518 g/mol. The Morgan fingerprint density at radius 3 is 2.63 bits per heavy atom. The van der Waals surface area contributed by atoms with Gasteiger partial charge in [-0.2, -0.15) is 0 Å². The number of aromatic nitrogens is 1. The number of carboxylic acid groups (broad SMARTS) is 1. The number of hydrogen-bond donors (Lipinski definition) is 2. The largest absolute Gasteiger partial charge is 0.492 e. The molecule has 2 aromatic carbocycles. The van der Waals surface area contributed by atoms with E-state index in [1.165, 1.54) is 48.7 Å². The second-order valence-electron chi connectivity index (χ2n) is 11.7. The first kappa shape index (κ1) is 25.4. The molecule has 7 nitrogen and oxygen atoms in total. The Morgan fingerprint density at radius 2 is 1.87 bits per heavy atom. The third kappa shape index (κ3) is 4.61. The highest BCUT2D eigenvalue weighted by Crippen LogP contribution is 2.49. The minimum absolute atomic E-state index is 0.0349. The minimum atomic E-state index is -0.882. The molecule has 0 bridgehead atoms. The summed E-state index contributed by atoms with van der Waals surface area (Å²) in [5.74, 6) is 0.515. The molecule has 0 radical (unpaired) electrons. The molecule has 38 heavy (non-hydrogen) atoms. The summed E-state index contributed by atoms with van der Waals surface area (Å²) < 4.78 is 9.02. The second-order valence-corrected chi connectivity index (χ2v) is 11.7. The van der Waals surface area contributed by atoms with Crippen molar-refractivity contribution < 1.29 is 19.7 Å². The van der Waals surface area contributed by atoms with Gasteiger partial charge in [-0.1, -0.05) is 37.5 Å². The Bertz CT molecular complexity index is 1320. The third-order valence-electron chi connectivity index (χ3n) is 8.93. The number of nitrogens with zero attached hydrogens (tertiary/aromatic N) is 3. The molecule has 2 aliphatic heterocycles. The molecule has 3 heterocycles. The smallest absolute Gasteiger partial charge is 0.335 e. The van der Waals surface area contributed by atoms with Crippen LogP contribution in [-0.2, 0) is 6.54 Å². The molecular formula is C31H39N3O4. The predicted octanol–water partition coefficient (Wildman–Crippen LogP) is 4.67. The van der Waals surface area contributed by atoms with E-state index in [0.717, 1.165) is 49.6 Å². The maximum Gasteiger partial charge on any atom is 0.335 e. The number of para-hydroxylation sites is 1. The van der Waals surface area contributed by atoms with Gasteiger partial charge in [-0.25, -0.2) is 4.79 Å². The topological polar surface area (TPSA) is 78.2 Å². The fourth-order valence-electron chi connectivity index (χ4n) is 7.01. The molecule has 2 N–H and O–H groups in total. The van der Waals surface area contributed by atoms with Crippen molar-refractivity contribution in [3.8, 4) is 17.0 Å². The highest BCUT2D eigenvalue weighted by Gasteiger charge is 2.46. The third-order valence-corrected chi connectivity index (χ3v) is 8.93. The van der Waals surface area contributed by atoms with Crippen LogP contribution in [0, 0.1) is 5.41 Å². The van der Waals surface area contributed by atoms with E-state index < -0.39 is 5.97 Å². The maximum atomic E-state index is 12.0. The van der Waals surface area contributed by atoms with Crippen molar-refractivity contribution in [1.82, 2.24) is 14.4 Å². The zero-order valence-electron chi connectivity index (χ0n) is 22.4. The molecule has 6 rings (SSSR count). The summed E-state index contributed by atoms with van der Waals surface area (Å²) >= 11 is 0. The summed E-state index contributed by atoms with van der Waals surface area (Å²) in [4.78, 5) is 16.6. The van der Waals surface area contributed by atoms with Gasteiger partial charge in [0.05, 0.1) is 24.5 Å². The monoisotopic (exact) mass is 517 g/mol. The molecule has 1 saturated heterocycles.